The van der Waals surface area contributed by atoms with Crippen LogP contribution in [0.3, 0.4) is 0 Å². The summed E-state index contributed by atoms with van der Waals surface area (Å²) < 4.78 is 6.00. The standard InChI is InChI=1S/C26H19ClN4O3/c1-3-15-7-8-16(11-23(15)34-25-20(27)5-4-6-22(25)30-2)17-12-24(32)31(14-17)18-9-10-19(26(29)33)21(28)13-18/h1,4-11,13,17H,12,14,28H2,(H2,29,33)/t17-/m0/s1. The minimum atomic E-state index is -0.629. The van der Waals surface area contributed by atoms with Gasteiger partial charge < -0.3 is 21.1 Å². The summed E-state index contributed by atoms with van der Waals surface area (Å²) in [6, 6.07) is 15.0. The van der Waals surface area contributed by atoms with Crippen LogP contribution in [-0.2, 0) is 4.79 Å². The number of primary amides is 1. The Kier molecular flexibility index (Phi) is 6.14. The molecule has 2 amide bonds. The monoisotopic (exact) mass is 470 g/mol. The molecular weight excluding hydrogens is 452 g/mol. The Morgan fingerprint density at radius 2 is 2.03 bits per heavy atom. The molecule has 0 aliphatic carbocycles. The Balaban J connectivity index is 1.63. The number of benzene rings is 3. The summed E-state index contributed by atoms with van der Waals surface area (Å²) in [4.78, 5) is 29.3. The van der Waals surface area contributed by atoms with Crippen molar-refractivity contribution < 1.29 is 14.3 Å². The van der Waals surface area contributed by atoms with Crippen molar-refractivity contribution in [1.82, 2.24) is 0 Å². The first-order valence-electron chi connectivity index (χ1n) is 10.3. The van der Waals surface area contributed by atoms with E-state index in [0.29, 0.717) is 28.6 Å². The third-order valence-corrected chi connectivity index (χ3v) is 5.95. The Hall–Kier alpha value is -4.46. The molecule has 0 unspecified atom stereocenters. The number of nitrogens with zero attached hydrogens (tertiary/aromatic N) is 2. The highest BCUT2D eigenvalue weighted by atomic mass is 35.5. The number of carbonyl (C=O) groups is 2. The average Bonchev–Trinajstić information content (AvgIpc) is 3.21. The Morgan fingerprint density at radius 1 is 1.24 bits per heavy atom. The molecule has 0 aromatic heterocycles. The van der Waals surface area contributed by atoms with E-state index in [1.165, 1.54) is 6.07 Å². The third-order valence-electron chi connectivity index (χ3n) is 5.65. The molecule has 1 heterocycles. The van der Waals surface area contributed by atoms with Gasteiger partial charge in [-0.3, -0.25) is 9.59 Å². The van der Waals surface area contributed by atoms with Gasteiger partial charge in [-0.25, -0.2) is 4.85 Å². The average molecular weight is 471 g/mol. The van der Waals surface area contributed by atoms with E-state index < -0.39 is 5.91 Å². The molecule has 4 rings (SSSR count). The van der Waals surface area contributed by atoms with Gasteiger partial charge in [0.05, 0.1) is 22.7 Å². The second-order valence-corrected chi connectivity index (χ2v) is 8.15. The summed E-state index contributed by atoms with van der Waals surface area (Å²) in [5.41, 5.74) is 13.9. The fourth-order valence-corrected chi connectivity index (χ4v) is 4.12. The number of nitrogen functional groups attached to an aromatic ring is 1. The first-order chi connectivity index (χ1) is 16.3. The summed E-state index contributed by atoms with van der Waals surface area (Å²) in [7, 11) is 0. The van der Waals surface area contributed by atoms with Crippen LogP contribution in [0.15, 0.2) is 54.6 Å². The summed E-state index contributed by atoms with van der Waals surface area (Å²) in [5, 5.41) is 0.293. The summed E-state index contributed by atoms with van der Waals surface area (Å²) in [5.74, 6) is 2.33. The van der Waals surface area contributed by atoms with Crippen molar-refractivity contribution in [2.45, 2.75) is 12.3 Å². The van der Waals surface area contributed by atoms with Crippen LogP contribution in [0.1, 0.15) is 33.8 Å². The van der Waals surface area contributed by atoms with Gasteiger partial charge in [-0.2, -0.15) is 0 Å². The molecule has 34 heavy (non-hydrogen) atoms. The van der Waals surface area contributed by atoms with E-state index in [1.54, 1.807) is 47.4 Å². The topological polar surface area (TPSA) is 103 Å². The molecule has 0 saturated carbocycles. The normalized spacial score (nSPS) is 15.0. The molecule has 1 saturated heterocycles. The highest BCUT2D eigenvalue weighted by Gasteiger charge is 2.32. The molecule has 7 nitrogen and oxygen atoms in total. The molecule has 0 radical (unpaired) electrons. The lowest BCUT2D eigenvalue weighted by Gasteiger charge is -2.19. The van der Waals surface area contributed by atoms with Crippen LogP contribution in [0.25, 0.3) is 4.85 Å². The molecule has 1 fully saturated rings. The quantitative estimate of drug-likeness (QED) is 0.315. The second-order valence-electron chi connectivity index (χ2n) is 7.74. The van der Waals surface area contributed by atoms with E-state index >= 15 is 0 Å². The molecule has 0 bridgehead atoms. The number of para-hydroxylation sites is 1. The van der Waals surface area contributed by atoms with Gasteiger partial charge in [0.15, 0.2) is 5.75 Å². The number of nitrogens with two attached hydrogens (primary N) is 2. The number of carbonyl (C=O) groups excluding carboxylic acids is 2. The SMILES string of the molecule is [C-]#[N+]c1cccc(Cl)c1Oc1cc([C@H]2CC(=O)N(c3ccc(C(N)=O)c(N)c3)C2)ccc1C#C. The van der Waals surface area contributed by atoms with E-state index in [-0.39, 0.29) is 40.9 Å². The number of terminal acetylenes is 1. The largest absolute Gasteiger partial charge is 0.466 e. The van der Waals surface area contributed by atoms with Crippen LogP contribution in [-0.4, -0.2) is 18.4 Å². The molecule has 4 N–H and O–H groups in total. The van der Waals surface area contributed by atoms with Gasteiger partial charge >= 0.3 is 0 Å². The molecule has 3 aromatic carbocycles. The predicted molar refractivity (Wildman–Crippen MR) is 131 cm³/mol. The molecule has 168 valence electrons. The number of hydrogen-bond donors (Lipinski definition) is 2. The lowest BCUT2D eigenvalue weighted by Crippen LogP contribution is -2.25. The molecule has 0 spiro atoms. The second kappa shape index (κ2) is 9.19. The Morgan fingerprint density at radius 3 is 2.71 bits per heavy atom. The number of halogens is 1. The van der Waals surface area contributed by atoms with Crippen molar-refractivity contribution in [1.29, 1.82) is 0 Å². The van der Waals surface area contributed by atoms with E-state index in [2.05, 4.69) is 10.8 Å². The van der Waals surface area contributed by atoms with Gasteiger partial charge in [-0.05, 0) is 42.0 Å². The van der Waals surface area contributed by atoms with Gasteiger partial charge in [0, 0.05) is 30.3 Å². The highest BCUT2D eigenvalue weighted by Crippen LogP contribution is 2.41. The lowest BCUT2D eigenvalue weighted by atomic mass is 9.96. The number of hydrogen-bond acceptors (Lipinski definition) is 4. The van der Waals surface area contributed by atoms with Gasteiger partial charge in [-0.1, -0.05) is 35.7 Å². The first kappa shape index (κ1) is 22.7. The molecule has 3 aromatic rings. The van der Waals surface area contributed by atoms with E-state index in [0.717, 1.165) is 5.56 Å². The van der Waals surface area contributed by atoms with E-state index in [1.807, 2.05) is 6.07 Å². The van der Waals surface area contributed by atoms with Crippen LogP contribution in [0.5, 0.6) is 11.5 Å². The van der Waals surface area contributed by atoms with Crippen LogP contribution < -0.4 is 21.1 Å². The first-order valence-corrected chi connectivity index (χ1v) is 10.6. The lowest BCUT2D eigenvalue weighted by molar-refractivity contribution is -0.117. The zero-order chi connectivity index (χ0) is 24.4. The fourth-order valence-electron chi connectivity index (χ4n) is 3.92. The zero-order valence-corrected chi connectivity index (χ0v) is 18.7. The molecular formula is C26H19ClN4O3. The number of ether oxygens (including phenoxy) is 1. The van der Waals surface area contributed by atoms with Crippen molar-refractivity contribution in [2.24, 2.45) is 5.73 Å². The number of anilines is 2. The molecule has 1 aliphatic heterocycles. The van der Waals surface area contributed by atoms with E-state index in [4.69, 9.17) is 40.8 Å². The smallest absolute Gasteiger partial charge is 0.250 e. The van der Waals surface area contributed by atoms with Crippen molar-refractivity contribution in [3.05, 3.63) is 87.7 Å². The maximum absolute atomic E-state index is 12.8. The van der Waals surface area contributed by atoms with Gasteiger partial charge in [-0.15, -0.1) is 6.42 Å². The van der Waals surface area contributed by atoms with Gasteiger partial charge in [0.1, 0.15) is 5.75 Å². The summed E-state index contributed by atoms with van der Waals surface area (Å²) in [6.45, 7) is 7.78. The van der Waals surface area contributed by atoms with Crippen molar-refractivity contribution in [3.8, 4) is 23.8 Å². The minimum absolute atomic E-state index is 0.0823. The zero-order valence-electron chi connectivity index (χ0n) is 17.9. The van der Waals surface area contributed by atoms with Crippen molar-refractivity contribution in [2.75, 3.05) is 17.2 Å². The van der Waals surface area contributed by atoms with Gasteiger partial charge in [0.25, 0.3) is 5.91 Å². The maximum Gasteiger partial charge on any atom is 0.250 e. The van der Waals surface area contributed by atoms with Crippen LogP contribution in [0.4, 0.5) is 17.1 Å². The maximum atomic E-state index is 12.8. The molecule has 8 heteroatoms. The highest BCUT2D eigenvalue weighted by molar-refractivity contribution is 6.32. The van der Waals surface area contributed by atoms with Crippen molar-refractivity contribution in [3.63, 3.8) is 0 Å². The molecule has 1 aliphatic rings. The fraction of sp³-hybridized carbons (Fsp3) is 0.115. The summed E-state index contributed by atoms with van der Waals surface area (Å²) in [6.07, 6.45) is 5.92. The van der Waals surface area contributed by atoms with Crippen LogP contribution in [0, 0.1) is 18.9 Å². The number of rotatable bonds is 5. The number of amides is 2. The minimum Gasteiger partial charge on any atom is -0.466 e. The Bertz CT molecular complexity index is 1400. The van der Waals surface area contributed by atoms with Crippen LogP contribution >= 0.6 is 11.6 Å². The summed E-state index contributed by atoms with van der Waals surface area (Å²) >= 11 is 6.26. The molecule has 1 atom stereocenters. The Labute approximate surface area is 201 Å². The van der Waals surface area contributed by atoms with Crippen molar-refractivity contribution >= 4 is 40.5 Å². The predicted octanol–water partition coefficient (Wildman–Crippen LogP) is 4.87. The van der Waals surface area contributed by atoms with E-state index in [9.17, 15) is 9.59 Å². The van der Waals surface area contributed by atoms with Crippen LogP contribution in [0.2, 0.25) is 5.02 Å². The third kappa shape index (κ3) is 4.25. The van der Waals surface area contributed by atoms with Gasteiger partial charge in [0.2, 0.25) is 11.6 Å².